The second-order valence-corrected chi connectivity index (χ2v) is 4.68. The number of aromatic nitrogens is 1. The van der Waals surface area contributed by atoms with Crippen molar-refractivity contribution in [1.82, 2.24) is 4.98 Å². The SMILES string of the molecule is CC(Nc1nccs1)c1ccccc1C(F)(F)F. The fourth-order valence-corrected chi connectivity index (χ4v) is 2.31. The van der Waals surface area contributed by atoms with E-state index in [0.717, 1.165) is 6.07 Å². The van der Waals surface area contributed by atoms with Crippen molar-refractivity contribution in [3.8, 4) is 0 Å². The summed E-state index contributed by atoms with van der Waals surface area (Å²) in [7, 11) is 0. The predicted molar refractivity (Wildman–Crippen MR) is 65.6 cm³/mol. The highest BCUT2D eigenvalue weighted by molar-refractivity contribution is 7.13. The summed E-state index contributed by atoms with van der Waals surface area (Å²) in [6.07, 6.45) is -2.73. The van der Waals surface area contributed by atoms with Gasteiger partial charge in [0.1, 0.15) is 0 Å². The molecule has 1 unspecified atom stereocenters. The van der Waals surface area contributed by atoms with Crippen LogP contribution >= 0.6 is 11.3 Å². The molecule has 0 radical (unpaired) electrons. The van der Waals surface area contributed by atoms with Gasteiger partial charge in [-0.15, -0.1) is 11.3 Å². The van der Waals surface area contributed by atoms with Gasteiger partial charge in [-0.25, -0.2) is 4.98 Å². The molecule has 1 atom stereocenters. The van der Waals surface area contributed by atoms with E-state index in [9.17, 15) is 13.2 Å². The van der Waals surface area contributed by atoms with E-state index in [-0.39, 0.29) is 5.56 Å². The van der Waals surface area contributed by atoms with Crippen molar-refractivity contribution in [2.45, 2.75) is 19.1 Å². The summed E-state index contributed by atoms with van der Waals surface area (Å²) in [6.45, 7) is 1.69. The van der Waals surface area contributed by atoms with Gasteiger partial charge in [0.2, 0.25) is 0 Å². The standard InChI is InChI=1S/C12H11F3N2S/c1-8(17-11-16-6-7-18-11)9-4-2-3-5-10(9)12(13,14)15/h2-8H,1H3,(H,16,17). The van der Waals surface area contributed by atoms with Crippen LogP contribution in [0.3, 0.4) is 0 Å². The second kappa shape index (κ2) is 4.97. The fraction of sp³-hybridized carbons (Fsp3) is 0.250. The van der Waals surface area contributed by atoms with Crippen molar-refractivity contribution in [1.29, 1.82) is 0 Å². The summed E-state index contributed by atoms with van der Waals surface area (Å²) >= 11 is 1.36. The van der Waals surface area contributed by atoms with Crippen molar-refractivity contribution in [2.75, 3.05) is 5.32 Å². The Hall–Kier alpha value is -1.56. The third-order valence-electron chi connectivity index (χ3n) is 2.50. The van der Waals surface area contributed by atoms with E-state index >= 15 is 0 Å². The third kappa shape index (κ3) is 2.81. The third-order valence-corrected chi connectivity index (χ3v) is 3.21. The fourth-order valence-electron chi connectivity index (χ4n) is 1.69. The lowest BCUT2D eigenvalue weighted by Crippen LogP contribution is -2.15. The highest BCUT2D eigenvalue weighted by atomic mass is 32.1. The number of nitrogens with zero attached hydrogens (tertiary/aromatic N) is 1. The Morgan fingerprint density at radius 2 is 2.00 bits per heavy atom. The van der Waals surface area contributed by atoms with Gasteiger partial charge in [-0.3, -0.25) is 0 Å². The predicted octanol–water partition coefficient (Wildman–Crippen LogP) is 4.34. The molecule has 2 nitrogen and oxygen atoms in total. The van der Waals surface area contributed by atoms with E-state index in [1.165, 1.54) is 23.5 Å². The van der Waals surface area contributed by atoms with E-state index in [1.54, 1.807) is 24.6 Å². The van der Waals surface area contributed by atoms with Crippen LogP contribution in [-0.4, -0.2) is 4.98 Å². The van der Waals surface area contributed by atoms with Crippen LogP contribution in [0, 0.1) is 0 Å². The maximum Gasteiger partial charge on any atom is 0.416 e. The van der Waals surface area contributed by atoms with Crippen LogP contribution in [0.1, 0.15) is 24.1 Å². The zero-order valence-electron chi connectivity index (χ0n) is 9.53. The Bertz CT molecular complexity index is 508. The lowest BCUT2D eigenvalue weighted by atomic mass is 10.0. The van der Waals surface area contributed by atoms with Gasteiger partial charge in [-0.05, 0) is 18.6 Å². The minimum absolute atomic E-state index is 0.222. The molecule has 0 aliphatic carbocycles. The highest BCUT2D eigenvalue weighted by Gasteiger charge is 2.34. The van der Waals surface area contributed by atoms with E-state index in [4.69, 9.17) is 0 Å². The molecule has 1 N–H and O–H groups in total. The molecule has 0 fully saturated rings. The first-order valence-electron chi connectivity index (χ1n) is 5.30. The summed E-state index contributed by atoms with van der Waals surface area (Å²) in [6, 6.07) is 5.12. The molecule has 2 rings (SSSR count). The van der Waals surface area contributed by atoms with E-state index < -0.39 is 17.8 Å². The van der Waals surface area contributed by atoms with Gasteiger partial charge in [0.25, 0.3) is 0 Å². The maximum atomic E-state index is 12.8. The first-order chi connectivity index (χ1) is 8.48. The van der Waals surface area contributed by atoms with Gasteiger partial charge in [0.05, 0.1) is 11.6 Å². The monoisotopic (exact) mass is 272 g/mol. The Balaban J connectivity index is 2.27. The van der Waals surface area contributed by atoms with Gasteiger partial charge in [-0.1, -0.05) is 18.2 Å². The number of halogens is 3. The molecule has 96 valence electrons. The topological polar surface area (TPSA) is 24.9 Å². The number of alkyl halides is 3. The van der Waals surface area contributed by atoms with Crippen molar-refractivity contribution in [3.63, 3.8) is 0 Å². The molecule has 0 spiro atoms. The van der Waals surface area contributed by atoms with Gasteiger partial charge in [-0.2, -0.15) is 13.2 Å². The average molecular weight is 272 g/mol. The molecular formula is C12H11F3N2S. The minimum atomic E-state index is -4.34. The Morgan fingerprint density at radius 3 is 2.61 bits per heavy atom. The molecule has 0 saturated carbocycles. The maximum absolute atomic E-state index is 12.8. The summed E-state index contributed by atoms with van der Waals surface area (Å²) in [5.74, 6) is 0. The number of nitrogens with one attached hydrogen (secondary N) is 1. The molecule has 18 heavy (non-hydrogen) atoms. The van der Waals surface area contributed by atoms with Crippen LogP contribution in [0.4, 0.5) is 18.3 Å². The molecule has 1 heterocycles. The van der Waals surface area contributed by atoms with Crippen molar-refractivity contribution >= 4 is 16.5 Å². The number of anilines is 1. The summed E-state index contributed by atoms with van der Waals surface area (Å²) < 4.78 is 38.5. The van der Waals surface area contributed by atoms with Crippen molar-refractivity contribution < 1.29 is 13.2 Å². The summed E-state index contributed by atoms with van der Waals surface area (Å²) in [5, 5.41) is 5.34. The first-order valence-corrected chi connectivity index (χ1v) is 6.18. The lowest BCUT2D eigenvalue weighted by molar-refractivity contribution is -0.138. The van der Waals surface area contributed by atoms with Crippen LogP contribution in [0.15, 0.2) is 35.8 Å². The smallest absolute Gasteiger partial charge is 0.355 e. The number of hydrogen-bond donors (Lipinski definition) is 1. The van der Waals surface area contributed by atoms with Gasteiger partial charge >= 0.3 is 6.18 Å². The molecular weight excluding hydrogens is 261 g/mol. The zero-order valence-corrected chi connectivity index (χ0v) is 10.3. The molecule has 0 bridgehead atoms. The average Bonchev–Trinajstić information content (AvgIpc) is 2.80. The highest BCUT2D eigenvalue weighted by Crippen LogP contribution is 2.35. The molecule has 1 aromatic carbocycles. The summed E-state index contributed by atoms with van der Waals surface area (Å²) in [4.78, 5) is 4.00. The van der Waals surface area contributed by atoms with E-state index in [0.29, 0.717) is 5.13 Å². The number of benzene rings is 1. The number of rotatable bonds is 3. The Labute approximate surface area is 106 Å². The van der Waals surface area contributed by atoms with Crippen molar-refractivity contribution in [3.05, 3.63) is 47.0 Å². The normalized spacial score (nSPS) is 13.3. The van der Waals surface area contributed by atoms with E-state index in [2.05, 4.69) is 10.3 Å². The Kier molecular flexibility index (Phi) is 3.56. The van der Waals surface area contributed by atoms with Gasteiger partial charge in [0, 0.05) is 11.6 Å². The van der Waals surface area contributed by atoms with E-state index in [1.807, 2.05) is 0 Å². The van der Waals surface area contributed by atoms with Crippen LogP contribution in [0.2, 0.25) is 0 Å². The molecule has 0 saturated heterocycles. The quantitative estimate of drug-likeness (QED) is 0.899. The molecule has 6 heteroatoms. The minimum Gasteiger partial charge on any atom is -0.355 e. The number of thiazole rings is 1. The largest absolute Gasteiger partial charge is 0.416 e. The van der Waals surface area contributed by atoms with Gasteiger partial charge in [0.15, 0.2) is 5.13 Å². The molecule has 2 aromatic rings. The Morgan fingerprint density at radius 1 is 1.28 bits per heavy atom. The first kappa shape index (κ1) is 12.9. The van der Waals surface area contributed by atoms with Crippen LogP contribution in [0.5, 0.6) is 0 Å². The molecule has 0 aliphatic rings. The van der Waals surface area contributed by atoms with Gasteiger partial charge < -0.3 is 5.32 Å². The van der Waals surface area contributed by atoms with Crippen LogP contribution in [-0.2, 0) is 6.18 Å². The second-order valence-electron chi connectivity index (χ2n) is 3.79. The van der Waals surface area contributed by atoms with Crippen molar-refractivity contribution in [2.24, 2.45) is 0 Å². The molecule has 0 aliphatic heterocycles. The van der Waals surface area contributed by atoms with Crippen LogP contribution < -0.4 is 5.32 Å². The zero-order chi connectivity index (χ0) is 13.2. The molecule has 0 amide bonds. The lowest BCUT2D eigenvalue weighted by Gasteiger charge is -2.18. The van der Waals surface area contributed by atoms with Crippen LogP contribution in [0.25, 0.3) is 0 Å². The summed E-state index contributed by atoms with van der Waals surface area (Å²) in [5.41, 5.74) is -0.387. The molecule has 1 aromatic heterocycles. The number of hydrogen-bond acceptors (Lipinski definition) is 3.